The monoisotopic (exact) mass is 453 g/mol. The number of thiocarbonyl (C=S) groups is 1. The molecule has 2 atom stereocenters. The van der Waals surface area contributed by atoms with E-state index < -0.39 is 18.0 Å². The van der Waals surface area contributed by atoms with E-state index in [1.165, 1.54) is 12.1 Å². The van der Waals surface area contributed by atoms with E-state index in [-0.39, 0.29) is 30.3 Å². The Morgan fingerprint density at radius 3 is 2.41 bits per heavy atom. The Morgan fingerprint density at radius 1 is 1.09 bits per heavy atom. The van der Waals surface area contributed by atoms with Gasteiger partial charge in [-0.15, -0.1) is 0 Å². The Morgan fingerprint density at radius 2 is 1.81 bits per heavy atom. The average Bonchev–Trinajstić information content (AvgIpc) is 3.39. The van der Waals surface area contributed by atoms with E-state index in [0.29, 0.717) is 22.2 Å². The minimum absolute atomic E-state index is 0.122. The first kappa shape index (κ1) is 21.5. The molecule has 1 aliphatic rings. The second kappa shape index (κ2) is 8.77. The maximum atomic E-state index is 11.4. The highest BCUT2D eigenvalue weighted by Crippen LogP contribution is 2.40. The van der Waals surface area contributed by atoms with Crippen molar-refractivity contribution < 1.29 is 29.3 Å². The zero-order chi connectivity index (χ0) is 22.8. The Bertz CT molecular complexity index is 1150. The van der Waals surface area contributed by atoms with Crippen LogP contribution >= 0.6 is 12.2 Å². The molecule has 9 nitrogen and oxygen atoms in total. The van der Waals surface area contributed by atoms with Crippen LogP contribution in [-0.4, -0.2) is 55.4 Å². The lowest BCUT2D eigenvalue weighted by molar-refractivity contribution is 0.0696. The lowest BCUT2D eigenvalue weighted by Crippen LogP contribution is -2.32. The minimum Gasteiger partial charge on any atom is -0.478 e. The summed E-state index contributed by atoms with van der Waals surface area (Å²) in [7, 11) is 0. The van der Waals surface area contributed by atoms with E-state index in [2.05, 4.69) is 10.3 Å². The van der Waals surface area contributed by atoms with Crippen LogP contribution in [0.15, 0.2) is 59.1 Å². The van der Waals surface area contributed by atoms with Crippen molar-refractivity contribution in [3.63, 3.8) is 0 Å². The van der Waals surface area contributed by atoms with Crippen LogP contribution < -0.4 is 5.32 Å². The molecule has 0 spiro atoms. The maximum absolute atomic E-state index is 11.4. The summed E-state index contributed by atoms with van der Waals surface area (Å²) in [5, 5.41) is 31.9. The summed E-state index contributed by atoms with van der Waals surface area (Å²) in [6, 6.07) is 11.9. The highest BCUT2D eigenvalue weighted by atomic mass is 32.1. The number of rotatable bonds is 7. The van der Waals surface area contributed by atoms with Crippen LogP contribution in [0.3, 0.4) is 0 Å². The van der Waals surface area contributed by atoms with E-state index in [9.17, 15) is 24.9 Å². The van der Waals surface area contributed by atoms with Crippen molar-refractivity contribution in [3.8, 4) is 11.3 Å². The van der Waals surface area contributed by atoms with Gasteiger partial charge in [-0.1, -0.05) is 6.07 Å². The van der Waals surface area contributed by atoms with Crippen molar-refractivity contribution in [2.75, 3.05) is 13.2 Å². The van der Waals surface area contributed by atoms with E-state index in [1.54, 1.807) is 29.3 Å². The number of pyridine rings is 1. The molecule has 4 N–H and O–H groups in total. The Hall–Kier alpha value is -3.76. The summed E-state index contributed by atoms with van der Waals surface area (Å²) in [4.78, 5) is 29.1. The molecule has 2 aromatic heterocycles. The Balaban J connectivity index is 1.76. The molecule has 1 aliphatic heterocycles. The van der Waals surface area contributed by atoms with Gasteiger partial charge in [-0.3, -0.25) is 4.98 Å². The highest BCUT2D eigenvalue weighted by molar-refractivity contribution is 7.80. The van der Waals surface area contributed by atoms with Gasteiger partial charge >= 0.3 is 11.9 Å². The van der Waals surface area contributed by atoms with Crippen LogP contribution in [0, 0.1) is 0 Å². The van der Waals surface area contributed by atoms with Crippen molar-refractivity contribution in [2.24, 2.45) is 0 Å². The van der Waals surface area contributed by atoms with Crippen LogP contribution in [0.5, 0.6) is 0 Å². The van der Waals surface area contributed by atoms with E-state index >= 15 is 0 Å². The molecule has 2 unspecified atom stereocenters. The van der Waals surface area contributed by atoms with Gasteiger partial charge in [-0.05, 0) is 54.7 Å². The fourth-order valence-electron chi connectivity index (χ4n) is 3.75. The molecular formula is C22H19N3O6S. The molecule has 10 heteroatoms. The first-order valence-corrected chi connectivity index (χ1v) is 10.1. The third-order valence-electron chi connectivity index (χ3n) is 5.17. The SMILES string of the molecule is O=C(O)c1cc(C(=O)O)cc(-c2ccc(C3C(c4ccccn4)NC(=S)N3CCO)o2)c1. The van der Waals surface area contributed by atoms with E-state index in [0.717, 1.165) is 11.8 Å². The number of carboxylic acids is 2. The van der Waals surface area contributed by atoms with Crippen LogP contribution in [0.1, 0.15) is 44.3 Å². The van der Waals surface area contributed by atoms with Gasteiger partial charge in [0.2, 0.25) is 0 Å². The summed E-state index contributed by atoms with van der Waals surface area (Å²) in [5.74, 6) is -1.66. The lowest BCUT2D eigenvalue weighted by Gasteiger charge is -2.25. The third kappa shape index (κ3) is 4.05. The summed E-state index contributed by atoms with van der Waals surface area (Å²) in [5.41, 5.74) is 0.745. The average molecular weight is 453 g/mol. The molecule has 0 radical (unpaired) electrons. The number of nitrogens with zero attached hydrogens (tertiary/aromatic N) is 2. The molecule has 0 amide bonds. The minimum atomic E-state index is -1.24. The van der Waals surface area contributed by atoms with Gasteiger partial charge in [0, 0.05) is 18.3 Å². The molecule has 1 aromatic carbocycles. The molecule has 3 aromatic rings. The zero-order valence-corrected chi connectivity index (χ0v) is 17.5. The number of furan rings is 1. The van der Waals surface area contributed by atoms with Crippen molar-refractivity contribution in [3.05, 3.63) is 77.3 Å². The Kier molecular flexibility index (Phi) is 5.89. The third-order valence-corrected chi connectivity index (χ3v) is 5.52. The number of aromatic carboxylic acids is 2. The van der Waals surface area contributed by atoms with Gasteiger partial charge in [-0.2, -0.15) is 0 Å². The van der Waals surface area contributed by atoms with Crippen LogP contribution in [0.2, 0.25) is 0 Å². The largest absolute Gasteiger partial charge is 0.478 e. The number of nitrogens with one attached hydrogen (secondary N) is 1. The van der Waals surface area contributed by atoms with Gasteiger partial charge < -0.3 is 30.0 Å². The second-order valence-electron chi connectivity index (χ2n) is 7.15. The van der Waals surface area contributed by atoms with Gasteiger partial charge in [0.1, 0.15) is 17.6 Å². The summed E-state index contributed by atoms with van der Waals surface area (Å²) < 4.78 is 6.06. The van der Waals surface area contributed by atoms with Gasteiger partial charge in [0.15, 0.2) is 5.11 Å². The molecule has 1 fully saturated rings. The zero-order valence-electron chi connectivity index (χ0n) is 16.6. The molecule has 0 aliphatic carbocycles. The number of aromatic nitrogens is 1. The molecule has 0 saturated carbocycles. The van der Waals surface area contributed by atoms with Crippen LogP contribution in [-0.2, 0) is 0 Å². The molecule has 32 heavy (non-hydrogen) atoms. The molecule has 4 rings (SSSR count). The number of hydrogen-bond acceptors (Lipinski definition) is 6. The first-order valence-electron chi connectivity index (χ1n) is 9.69. The van der Waals surface area contributed by atoms with Crippen molar-refractivity contribution in [1.29, 1.82) is 0 Å². The molecule has 164 valence electrons. The number of carbonyl (C=O) groups is 2. The van der Waals surface area contributed by atoms with Crippen molar-refractivity contribution in [2.45, 2.75) is 12.1 Å². The van der Waals surface area contributed by atoms with Gasteiger partial charge in [0.25, 0.3) is 0 Å². The van der Waals surface area contributed by atoms with Gasteiger partial charge in [-0.25, -0.2) is 9.59 Å². The highest BCUT2D eigenvalue weighted by Gasteiger charge is 2.41. The topological polar surface area (TPSA) is 136 Å². The van der Waals surface area contributed by atoms with E-state index in [4.69, 9.17) is 16.6 Å². The molecule has 3 heterocycles. The second-order valence-corrected chi connectivity index (χ2v) is 7.54. The molecule has 1 saturated heterocycles. The number of aliphatic hydroxyl groups is 1. The summed E-state index contributed by atoms with van der Waals surface area (Å²) in [6.07, 6.45) is 1.67. The van der Waals surface area contributed by atoms with Crippen LogP contribution in [0.25, 0.3) is 11.3 Å². The maximum Gasteiger partial charge on any atom is 0.335 e. The number of hydrogen-bond donors (Lipinski definition) is 4. The van der Waals surface area contributed by atoms with E-state index in [1.807, 2.05) is 12.1 Å². The normalized spacial score (nSPS) is 17.9. The predicted molar refractivity (Wildman–Crippen MR) is 117 cm³/mol. The smallest absolute Gasteiger partial charge is 0.335 e. The Labute approximate surface area is 187 Å². The first-order chi connectivity index (χ1) is 15.4. The van der Waals surface area contributed by atoms with Crippen molar-refractivity contribution in [1.82, 2.24) is 15.2 Å². The fourth-order valence-corrected chi connectivity index (χ4v) is 4.08. The number of aliphatic hydroxyl groups excluding tert-OH is 1. The number of β-amino-alcohol motifs (C(OH)–C–C–N with tert-alkyl or cyclic N) is 1. The predicted octanol–water partition coefficient (Wildman–Crippen LogP) is 2.70. The standard InChI is InChI=1S/C22H19N3O6S/c26-8-7-25-19(18(24-22(25)32)15-3-1-2-6-23-15)17-5-4-16(31-17)12-9-13(20(27)28)11-14(10-12)21(29)30/h1-6,9-11,18-19,26H,7-8H2,(H,24,32)(H,27,28)(H,29,30). The molecule has 0 bridgehead atoms. The lowest BCUT2D eigenvalue weighted by atomic mass is 10.0. The van der Waals surface area contributed by atoms with Gasteiger partial charge in [0.05, 0.1) is 29.5 Å². The van der Waals surface area contributed by atoms with Crippen LogP contribution in [0.4, 0.5) is 0 Å². The summed E-state index contributed by atoms with van der Waals surface area (Å²) in [6.45, 7) is 0.150. The molecular weight excluding hydrogens is 434 g/mol. The fraction of sp³-hybridized carbons (Fsp3) is 0.182. The quantitative estimate of drug-likeness (QED) is 0.395. The summed E-state index contributed by atoms with van der Waals surface area (Å²) >= 11 is 5.46. The number of carboxylic acid groups (broad SMARTS) is 2. The van der Waals surface area contributed by atoms with Crippen molar-refractivity contribution >= 4 is 29.3 Å². The number of benzene rings is 1.